The first-order valence-corrected chi connectivity index (χ1v) is 4.38. The molecule has 1 atom stereocenters. The Bertz CT molecular complexity index is 411. The molecular weight excluding hydrogens is 219 g/mol. The van der Waals surface area contributed by atoms with E-state index in [0.717, 1.165) is 12.1 Å². The second-order valence-electron chi connectivity index (χ2n) is 3.10. The smallest absolute Gasteiger partial charge is 0.273 e. The fourth-order valence-corrected chi connectivity index (χ4v) is 1.24. The van der Waals surface area contributed by atoms with Crippen LogP contribution in [-0.4, -0.2) is 23.8 Å². The van der Waals surface area contributed by atoms with Gasteiger partial charge in [-0.2, -0.15) is 0 Å². The predicted octanol–water partition coefficient (Wildman–Crippen LogP) is 1.28. The first-order valence-electron chi connectivity index (χ1n) is 4.38. The number of benzene rings is 1. The van der Waals surface area contributed by atoms with Crippen molar-refractivity contribution in [2.75, 3.05) is 13.8 Å². The summed E-state index contributed by atoms with van der Waals surface area (Å²) in [6.45, 7) is -0.933. The Morgan fingerprint density at radius 1 is 1.69 bits per heavy atom. The Morgan fingerprint density at radius 3 is 2.75 bits per heavy atom. The highest BCUT2D eigenvalue weighted by atomic mass is 19.1. The van der Waals surface area contributed by atoms with Crippen LogP contribution in [-0.2, 0) is 0 Å². The van der Waals surface area contributed by atoms with Gasteiger partial charge < -0.3 is 15.6 Å². The normalized spacial score (nSPS) is 12.2. The number of ether oxygens (including phenoxy) is 1. The molecule has 0 bridgehead atoms. The molecule has 0 aliphatic carbocycles. The lowest BCUT2D eigenvalue weighted by molar-refractivity contribution is -0.385. The average molecular weight is 230 g/mol. The second-order valence-corrected chi connectivity index (χ2v) is 3.10. The van der Waals surface area contributed by atoms with E-state index in [2.05, 4.69) is 0 Å². The maximum absolute atomic E-state index is 12.4. The van der Waals surface area contributed by atoms with E-state index < -0.39 is 17.6 Å². The Hall–Kier alpha value is -1.89. The van der Waals surface area contributed by atoms with Crippen molar-refractivity contribution in [3.8, 4) is 11.5 Å². The topological polar surface area (TPSA) is 98.6 Å². The van der Waals surface area contributed by atoms with Gasteiger partial charge in [-0.25, -0.2) is 4.39 Å². The van der Waals surface area contributed by atoms with Gasteiger partial charge in [0.15, 0.2) is 11.5 Å². The maximum Gasteiger partial charge on any atom is 0.273 e. The van der Waals surface area contributed by atoms with E-state index in [0.29, 0.717) is 0 Å². The number of methoxy groups -OCH3 is 1. The average Bonchev–Trinajstić information content (AvgIpc) is 2.28. The fourth-order valence-electron chi connectivity index (χ4n) is 1.24. The van der Waals surface area contributed by atoms with E-state index in [4.69, 9.17) is 10.5 Å². The number of nitro groups is 1. The molecule has 0 saturated carbocycles. The van der Waals surface area contributed by atoms with Gasteiger partial charge in [-0.3, -0.25) is 10.1 Å². The van der Waals surface area contributed by atoms with E-state index in [1.54, 1.807) is 0 Å². The molecule has 0 radical (unpaired) electrons. The molecule has 16 heavy (non-hydrogen) atoms. The molecule has 0 amide bonds. The van der Waals surface area contributed by atoms with Crippen molar-refractivity contribution in [3.63, 3.8) is 0 Å². The lowest BCUT2D eigenvalue weighted by Crippen LogP contribution is -2.13. The first kappa shape index (κ1) is 12.2. The molecule has 88 valence electrons. The highest BCUT2D eigenvalue weighted by molar-refractivity contribution is 5.54. The molecule has 0 saturated heterocycles. The summed E-state index contributed by atoms with van der Waals surface area (Å²) in [5.41, 5.74) is 5.02. The van der Waals surface area contributed by atoms with E-state index in [-0.39, 0.29) is 22.7 Å². The summed E-state index contributed by atoms with van der Waals surface area (Å²) < 4.78 is 17.1. The number of nitrogens with zero attached hydrogens (tertiary/aromatic N) is 1. The van der Waals surface area contributed by atoms with E-state index in [9.17, 15) is 19.6 Å². The molecule has 0 aromatic heterocycles. The summed E-state index contributed by atoms with van der Waals surface area (Å²) in [6.07, 6.45) is 0. The molecule has 1 rings (SSSR count). The van der Waals surface area contributed by atoms with Crippen molar-refractivity contribution < 1.29 is 19.2 Å². The number of alkyl halides is 1. The van der Waals surface area contributed by atoms with Gasteiger partial charge in [0.1, 0.15) is 6.67 Å². The van der Waals surface area contributed by atoms with Crippen LogP contribution in [0.15, 0.2) is 12.1 Å². The molecule has 3 N–H and O–H groups in total. The lowest BCUT2D eigenvalue weighted by atomic mass is 10.1. The number of nitrogens with two attached hydrogens (primary N) is 1. The van der Waals surface area contributed by atoms with Gasteiger partial charge in [0.2, 0.25) is 0 Å². The van der Waals surface area contributed by atoms with Crippen LogP contribution in [0.3, 0.4) is 0 Å². The molecule has 0 unspecified atom stereocenters. The van der Waals surface area contributed by atoms with Gasteiger partial charge in [-0.05, 0) is 0 Å². The molecule has 7 heteroatoms. The lowest BCUT2D eigenvalue weighted by Gasteiger charge is -2.12. The van der Waals surface area contributed by atoms with Gasteiger partial charge in [0.25, 0.3) is 5.69 Å². The predicted molar refractivity (Wildman–Crippen MR) is 54.2 cm³/mol. The van der Waals surface area contributed by atoms with Gasteiger partial charge >= 0.3 is 0 Å². The summed E-state index contributed by atoms with van der Waals surface area (Å²) in [5, 5.41) is 20.2. The van der Waals surface area contributed by atoms with Crippen LogP contribution in [0.4, 0.5) is 10.1 Å². The molecular formula is C9H11FN2O4. The van der Waals surface area contributed by atoms with Gasteiger partial charge in [0.05, 0.1) is 24.1 Å². The molecule has 0 aliphatic heterocycles. The number of non-ortho nitro benzene ring substituents is 1. The molecule has 1 aromatic carbocycles. The number of halogens is 1. The van der Waals surface area contributed by atoms with Crippen molar-refractivity contribution in [2.45, 2.75) is 6.04 Å². The summed E-state index contributed by atoms with van der Waals surface area (Å²) in [4.78, 5) is 9.91. The van der Waals surface area contributed by atoms with E-state index >= 15 is 0 Å². The minimum Gasteiger partial charge on any atom is -0.504 e. The molecule has 1 aromatic rings. The van der Waals surface area contributed by atoms with Crippen LogP contribution < -0.4 is 10.5 Å². The summed E-state index contributed by atoms with van der Waals surface area (Å²) >= 11 is 0. The Labute approximate surface area is 90.6 Å². The maximum atomic E-state index is 12.4. The zero-order chi connectivity index (χ0) is 12.3. The fraction of sp³-hybridized carbons (Fsp3) is 0.333. The third-order valence-electron chi connectivity index (χ3n) is 2.09. The van der Waals surface area contributed by atoms with E-state index in [1.165, 1.54) is 7.11 Å². The van der Waals surface area contributed by atoms with Crippen LogP contribution in [0.2, 0.25) is 0 Å². The van der Waals surface area contributed by atoms with Crippen molar-refractivity contribution >= 4 is 5.69 Å². The van der Waals surface area contributed by atoms with Crippen LogP contribution in [0.1, 0.15) is 11.6 Å². The monoisotopic (exact) mass is 230 g/mol. The van der Waals surface area contributed by atoms with E-state index in [1.807, 2.05) is 0 Å². The van der Waals surface area contributed by atoms with Crippen LogP contribution in [0.25, 0.3) is 0 Å². The minimum absolute atomic E-state index is 0.0476. The van der Waals surface area contributed by atoms with Gasteiger partial charge in [0, 0.05) is 11.6 Å². The van der Waals surface area contributed by atoms with Crippen LogP contribution in [0, 0.1) is 10.1 Å². The Balaban J connectivity index is 3.35. The zero-order valence-electron chi connectivity index (χ0n) is 8.51. The van der Waals surface area contributed by atoms with Crippen LogP contribution >= 0.6 is 0 Å². The summed E-state index contributed by atoms with van der Waals surface area (Å²) in [6, 6.07) is 0.958. The molecule has 0 aliphatic rings. The molecule has 0 heterocycles. The molecule has 6 nitrogen and oxygen atoms in total. The third-order valence-corrected chi connectivity index (χ3v) is 2.09. The Kier molecular flexibility index (Phi) is 3.62. The largest absolute Gasteiger partial charge is 0.504 e. The van der Waals surface area contributed by atoms with Crippen LogP contribution in [0.5, 0.6) is 11.5 Å². The number of hydrogen-bond donors (Lipinski definition) is 2. The number of aromatic hydroxyl groups is 1. The number of nitro benzene ring substituents is 1. The quantitative estimate of drug-likeness (QED) is 0.599. The summed E-state index contributed by atoms with van der Waals surface area (Å²) in [5.74, 6) is -0.480. The van der Waals surface area contributed by atoms with Crippen molar-refractivity contribution in [1.29, 1.82) is 0 Å². The Morgan fingerprint density at radius 2 is 2.31 bits per heavy atom. The number of rotatable bonds is 4. The second kappa shape index (κ2) is 4.75. The number of phenols is 1. The molecule has 0 fully saturated rings. The number of hydrogen-bond acceptors (Lipinski definition) is 5. The SMILES string of the molecule is COc1cc([N+](=O)[O-])cc([C@H](N)CF)c1O. The van der Waals surface area contributed by atoms with Crippen molar-refractivity contribution in [3.05, 3.63) is 27.8 Å². The first-order chi connectivity index (χ1) is 7.51. The highest BCUT2D eigenvalue weighted by Crippen LogP contribution is 2.37. The minimum atomic E-state index is -1.12. The number of phenolic OH excluding ortho intramolecular Hbond substituents is 1. The highest BCUT2D eigenvalue weighted by Gasteiger charge is 2.20. The van der Waals surface area contributed by atoms with Gasteiger partial charge in [-0.15, -0.1) is 0 Å². The van der Waals surface area contributed by atoms with Crippen molar-refractivity contribution in [2.24, 2.45) is 5.73 Å². The third kappa shape index (κ3) is 2.19. The van der Waals surface area contributed by atoms with Crippen molar-refractivity contribution in [1.82, 2.24) is 0 Å². The van der Waals surface area contributed by atoms with Gasteiger partial charge in [-0.1, -0.05) is 0 Å². The molecule has 0 spiro atoms. The zero-order valence-corrected chi connectivity index (χ0v) is 8.51. The summed E-state index contributed by atoms with van der Waals surface area (Å²) in [7, 11) is 1.24. The standard InChI is InChI=1S/C9H11FN2O4/c1-16-8-3-5(12(14)15)2-6(9(8)13)7(11)4-10/h2-3,7,13H,4,11H2,1H3/t7-/m1/s1.